The van der Waals surface area contributed by atoms with Gasteiger partial charge in [0.05, 0.1) is 11.0 Å². The maximum atomic E-state index is 13.0. The van der Waals surface area contributed by atoms with E-state index in [1.807, 2.05) is 36.9 Å². The first-order chi connectivity index (χ1) is 9.19. The van der Waals surface area contributed by atoms with Gasteiger partial charge in [0.1, 0.15) is 11.6 Å². The molecule has 0 spiro atoms. The lowest BCUT2D eigenvalue weighted by Crippen LogP contribution is -1.92. The summed E-state index contributed by atoms with van der Waals surface area (Å²) < 4.78 is 15.0. The van der Waals surface area contributed by atoms with Crippen molar-refractivity contribution in [2.45, 2.75) is 0 Å². The Hall–Kier alpha value is -2.36. The zero-order valence-electron chi connectivity index (χ0n) is 10.8. The van der Waals surface area contributed by atoms with Crippen molar-refractivity contribution in [2.24, 2.45) is 7.05 Å². The standard InChI is InChI=1S/C15H14FN3/c1-17-12-7-8-14-13(9-12)18-15(19(14)2)10-3-5-11(16)6-4-10/h3-9,17H,1-2H3. The van der Waals surface area contributed by atoms with Crippen LogP contribution in [-0.4, -0.2) is 16.6 Å². The lowest BCUT2D eigenvalue weighted by molar-refractivity contribution is 0.628. The van der Waals surface area contributed by atoms with Crippen molar-refractivity contribution in [2.75, 3.05) is 12.4 Å². The van der Waals surface area contributed by atoms with Crippen molar-refractivity contribution in [3.63, 3.8) is 0 Å². The first kappa shape index (κ1) is 11.7. The van der Waals surface area contributed by atoms with Crippen molar-refractivity contribution in [1.29, 1.82) is 0 Å². The summed E-state index contributed by atoms with van der Waals surface area (Å²) in [6.07, 6.45) is 0. The minimum absolute atomic E-state index is 0.236. The highest BCUT2D eigenvalue weighted by Gasteiger charge is 2.10. The molecule has 96 valence electrons. The summed E-state index contributed by atoms with van der Waals surface area (Å²) in [5.74, 6) is 0.600. The van der Waals surface area contributed by atoms with Gasteiger partial charge in [0.2, 0.25) is 0 Å². The molecule has 3 nitrogen and oxygen atoms in total. The quantitative estimate of drug-likeness (QED) is 0.760. The number of hydrogen-bond donors (Lipinski definition) is 1. The van der Waals surface area contributed by atoms with E-state index in [4.69, 9.17) is 0 Å². The zero-order valence-corrected chi connectivity index (χ0v) is 10.8. The molecule has 4 heteroatoms. The molecule has 3 aromatic rings. The summed E-state index contributed by atoms with van der Waals surface area (Å²) >= 11 is 0. The average Bonchev–Trinajstić information content (AvgIpc) is 2.76. The van der Waals surface area contributed by atoms with Crippen LogP contribution < -0.4 is 5.32 Å². The Morgan fingerprint density at radius 2 is 1.84 bits per heavy atom. The number of hydrogen-bond acceptors (Lipinski definition) is 2. The highest BCUT2D eigenvalue weighted by atomic mass is 19.1. The molecule has 19 heavy (non-hydrogen) atoms. The second-order valence-corrected chi connectivity index (χ2v) is 4.45. The highest BCUT2D eigenvalue weighted by molar-refractivity contribution is 5.83. The second-order valence-electron chi connectivity index (χ2n) is 4.45. The molecular formula is C15H14FN3. The Bertz CT molecular complexity index is 729. The summed E-state index contributed by atoms with van der Waals surface area (Å²) in [7, 11) is 3.85. The fourth-order valence-corrected chi connectivity index (χ4v) is 2.21. The van der Waals surface area contributed by atoms with E-state index in [1.54, 1.807) is 12.1 Å². The molecule has 2 aromatic carbocycles. The number of aryl methyl sites for hydroxylation is 1. The first-order valence-corrected chi connectivity index (χ1v) is 6.09. The van der Waals surface area contributed by atoms with Crippen molar-refractivity contribution < 1.29 is 4.39 Å². The minimum Gasteiger partial charge on any atom is -0.388 e. The van der Waals surface area contributed by atoms with E-state index >= 15 is 0 Å². The molecule has 0 aliphatic carbocycles. The van der Waals surface area contributed by atoms with Crippen molar-refractivity contribution in [3.05, 3.63) is 48.3 Å². The molecule has 3 rings (SSSR count). The third-order valence-electron chi connectivity index (χ3n) is 3.27. The first-order valence-electron chi connectivity index (χ1n) is 6.09. The molecule has 0 fully saturated rings. The van der Waals surface area contributed by atoms with Crippen LogP contribution in [0.5, 0.6) is 0 Å². The maximum absolute atomic E-state index is 13.0. The van der Waals surface area contributed by atoms with Gasteiger partial charge >= 0.3 is 0 Å². The van der Waals surface area contributed by atoms with Crippen LogP contribution in [0.25, 0.3) is 22.4 Å². The zero-order chi connectivity index (χ0) is 13.4. The normalized spacial score (nSPS) is 10.9. The van der Waals surface area contributed by atoms with E-state index < -0.39 is 0 Å². The molecule has 0 atom stereocenters. The Morgan fingerprint density at radius 3 is 2.53 bits per heavy atom. The summed E-state index contributed by atoms with van der Waals surface area (Å²) in [5.41, 5.74) is 3.91. The fraction of sp³-hybridized carbons (Fsp3) is 0.133. The average molecular weight is 255 g/mol. The monoisotopic (exact) mass is 255 g/mol. The van der Waals surface area contributed by atoms with Crippen LogP contribution in [0.3, 0.4) is 0 Å². The molecule has 0 aliphatic heterocycles. The van der Waals surface area contributed by atoms with E-state index in [9.17, 15) is 4.39 Å². The number of nitrogens with one attached hydrogen (secondary N) is 1. The number of imidazole rings is 1. The number of aromatic nitrogens is 2. The van der Waals surface area contributed by atoms with Gasteiger partial charge < -0.3 is 9.88 Å². The number of rotatable bonds is 2. The van der Waals surface area contributed by atoms with E-state index in [0.717, 1.165) is 28.1 Å². The van der Waals surface area contributed by atoms with Gasteiger partial charge in [0, 0.05) is 25.3 Å². The number of benzene rings is 2. The predicted octanol–water partition coefficient (Wildman–Crippen LogP) is 3.42. The molecule has 0 bridgehead atoms. The van der Waals surface area contributed by atoms with Crippen LogP contribution in [-0.2, 0) is 7.05 Å². The fourth-order valence-electron chi connectivity index (χ4n) is 2.21. The van der Waals surface area contributed by atoms with Crippen LogP contribution in [0.15, 0.2) is 42.5 Å². The van der Waals surface area contributed by atoms with Gasteiger partial charge in [-0.05, 0) is 42.5 Å². The molecule has 1 N–H and O–H groups in total. The summed E-state index contributed by atoms with van der Waals surface area (Å²) in [4.78, 5) is 4.62. The third kappa shape index (κ3) is 1.95. The number of halogens is 1. The van der Waals surface area contributed by atoms with E-state index in [0.29, 0.717) is 0 Å². The summed E-state index contributed by atoms with van der Waals surface area (Å²) in [6.45, 7) is 0. The SMILES string of the molecule is CNc1ccc2c(c1)nc(-c1ccc(F)cc1)n2C. The topological polar surface area (TPSA) is 29.9 Å². The smallest absolute Gasteiger partial charge is 0.140 e. The van der Waals surface area contributed by atoms with Crippen LogP contribution >= 0.6 is 0 Å². The Morgan fingerprint density at radius 1 is 1.11 bits per heavy atom. The Kier molecular flexibility index (Phi) is 2.71. The van der Waals surface area contributed by atoms with E-state index in [-0.39, 0.29) is 5.82 Å². The molecule has 0 saturated heterocycles. The largest absolute Gasteiger partial charge is 0.388 e. The molecule has 0 aliphatic rings. The van der Waals surface area contributed by atoms with Crippen molar-refractivity contribution in [3.8, 4) is 11.4 Å². The minimum atomic E-state index is -0.236. The van der Waals surface area contributed by atoms with Crippen molar-refractivity contribution >= 4 is 16.7 Å². The van der Waals surface area contributed by atoms with Crippen LogP contribution in [0.4, 0.5) is 10.1 Å². The molecule has 1 heterocycles. The van der Waals surface area contributed by atoms with Gasteiger partial charge in [0.15, 0.2) is 0 Å². The Labute approximate surface area is 110 Å². The molecule has 0 saturated carbocycles. The number of anilines is 1. The molecule has 0 unspecified atom stereocenters. The third-order valence-corrected chi connectivity index (χ3v) is 3.27. The lowest BCUT2D eigenvalue weighted by atomic mass is 10.2. The van der Waals surface area contributed by atoms with Gasteiger partial charge in [-0.2, -0.15) is 0 Å². The van der Waals surface area contributed by atoms with Gasteiger partial charge in [-0.15, -0.1) is 0 Å². The molecular weight excluding hydrogens is 241 g/mol. The highest BCUT2D eigenvalue weighted by Crippen LogP contribution is 2.25. The van der Waals surface area contributed by atoms with E-state index in [2.05, 4.69) is 10.3 Å². The molecule has 1 aromatic heterocycles. The van der Waals surface area contributed by atoms with Gasteiger partial charge in [0.25, 0.3) is 0 Å². The van der Waals surface area contributed by atoms with Crippen LogP contribution in [0.2, 0.25) is 0 Å². The van der Waals surface area contributed by atoms with Gasteiger partial charge in [-0.25, -0.2) is 9.37 Å². The Balaban J connectivity index is 2.19. The number of nitrogens with zero attached hydrogens (tertiary/aromatic N) is 2. The molecule has 0 amide bonds. The summed E-state index contributed by atoms with van der Waals surface area (Å²) in [6, 6.07) is 12.4. The summed E-state index contributed by atoms with van der Waals surface area (Å²) in [5, 5.41) is 3.10. The number of fused-ring (bicyclic) bond motifs is 1. The lowest BCUT2D eigenvalue weighted by Gasteiger charge is -2.02. The van der Waals surface area contributed by atoms with E-state index in [1.165, 1.54) is 12.1 Å². The van der Waals surface area contributed by atoms with Gasteiger partial charge in [-0.3, -0.25) is 0 Å². The van der Waals surface area contributed by atoms with Crippen molar-refractivity contribution in [1.82, 2.24) is 9.55 Å². The van der Waals surface area contributed by atoms with Crippen LogP contribution in [0.1, 0.15) is 0 Å². The predicted molar refractivity (Wildman–Crippen MR) is 75.7 cm³/mol. The second kappa shape index (κ2) is 4.39. The molecule has 0 radical (unpaired) electrons. The van der Waals surface area contributed by atoms with Crippen LogP contribution in [0, 0.1) is 5.82 Å². The maximum Gasteiger partial charge on any atom is 0.140 e. The van der Waals surface area contributed by atoms with Gasteiger partial charge in [-0.1, -0.05) is 0 Å².